The molecule has 2 unspecified atom stereocenters. The van der Waals surface area contributed by atoms with Crippen molar-refractivity contribution in [2.75, 3.05) is 39.6 Å². The van der Waals surface area contributed by atoms with Crippen molar-refractivity contribution in [1.29, 1.82) is 0 Å². The van der Waals surface area contributed by atoms with Crippen LogP contribution in [0.1, 0.15) is 19.4 Å². The monoisotopic (exact) mass is 484 g/mol. The van der Waals surface area contributed by atoms with Crippen LogP contribution in [-0.4, -0.2) is 56.0 Å². The number of aliphatic hydroxyl groups is 2. The predicted molar refractivity (Wildman–Crippen MR) is 137 cm³/mol. The van der Waals surface area contributed by atoms with Crippen LogP contribution in [0.15, 0.2) is 101 Å². The Bertz CT molecular complexity index is 838. The summed E-state index contributed by atoms with van der Waals surface area (Å²) in [6.07, 6.45) is -0.339. The highest BCUT2D eigenvalue weighted by Crippen LogP contribution is 2.27. The first-order chi connectivity index (χ1) is 16.5. The van der Waals surface area contributed by atoms with E-state index in [4.69, 9.17) is 19.3 Å². The fourth-order valence-electron chi connectivity index (χ4n) is 2.96. The van der Waals surface area contributed by atoms with Gasteiger partial charge in [-0.15, -0.1) is 0 Å². The predicted octanol–water partition coefficient (Wildman–Crippen LogP) is 5.16. The van der Waals surface area contributed by atoms with Crippen LogP contribution in [0.25, 0.3) is 0 Å². The molecule has 0 fully saturated rings. The molecule has 2 N–H and O–H groups in total. The van der Waals surface area contributed by atoms with Crippen molar-refractivity contribution in [3.63, 3.8) is 0 Å². The number of hydrogen-bond acceptors (Lipinski definition) is 6. The molecule has 184 valence electrons. The van der Waals surface area contributed by atoms with Gasteiger partial charge in [0, 0.05) is 9.79 Å². The number of rotatable bonds is 13. The minimum atomic E-state index is -1.04. The molecule has 0 radical (unpaired) electrons. The van der Waals surface area contributed by atoms with E-state index in [-0.39, 0.29) is 12.7 Å². The Morgan fingerprint density at radius 2 is 1.15 bits per heavy atom. The van der Waals surface area contributed by atoms with Gasteiger partial charge in [-0.05, 0) is 43.7 Å². The van der Waals surface area contributed by atoms with Crippen molar-refractivity contribution in [3.8, 4) is 0 Å². The van der Waals surface area contributed by atoms with Gasteiger partial charge in [-0.1, -0.05) is 78.5 Å². The lowest BCUT2D eigenvalue weighted by atomic mass is 9.91. The van der Waals surface area contributed by atoms with E-state index in [0.717, 1.165) is 5.56 Å². The first kappa shape index (κ1) is 28.1. The van der Waals surface area contributed by atoms with Gasteiger partial charge in [0.2, 0.25) is 0 Å². The summed E-state index contributed by atoms with van der Waals surface area (Å²) >= 11 is 1.79. The average Bonchev–Trinajstić information content (AvgIpc) is 2.87. The van der Waals surface area contributed by atoms with Crippen molar-refractivity contribution in [2.24, 2.45) is 0 Å². The maximum Gasteiger partial charge on any atom is 0.113 e. The molecule has 0 aromatic heterocycles. The molecule has 0 saturated carbocycles. The second kappa shape index (κ2) is 16.4. The Labute approximate surface area is 207 Å². The highest BCUT2D eigenvalue weighted by molar-refractivity contribution is 7.99. The van der Waals surface area contributed by atoms with Gasteiger partial charge in [0.15, 0.2) is 0 Å². The van der Waals surface area contributed by atoms with Crippen LogP contribution in [-0.2, 0) is 19.8 Å². The number of hydrogen-bond donors (Lipinski definition) is 2. The summed E-state index contributed by atoms with van der Waals surface area (Å²) < 4.78 is 16.0. The van der Waals surface area contributed by atoms with E-state index in [1.807, 2.05) is 49.4 Å². The number of aliphatic hydroxyl groups excluding tert-OH is 1. The van der Waals surface area contributed by atoms with Crippen molar-refractivity contribution in [1.82, 2.24) is 0 Å². The summed E-state index contributed by atoms with van der Waals surface area (Å²) in [5, 5.41) is 19.1. The zero-order valence-electron chi connectivity index (χ0n) is 20.0. The highest BCUT2D eigenvalue weighted by Gasteiger charge is 2.30. The molecule has 0 spiro atoms. The first-order valence-corrected chi connectivity index (χ1v) is 12.3. The van der Waals surface area contributed by atoms with E-state index in [9.17, 15) is 5.11 Å². The van der Waals surface area contributed by atoms with Gasteiger partial charge in [0.1, 0.15) is 5.60 Å². The Morgan fingerprint density at radius 3 is 1.65 bits per heavy atom. The summed E-state index contributed by atoms with van der Waals surface area (Å²) in [6, 6.07) is 30.3. The Hall–Kier alpha value is -2.19. The van der Waals surface area contributed by atoms with Crippen LogP contribution in [0.4, 0.5) is 0 Å². The summed E-state index contributed by atoms with van der Waals surface area (Å²) in [5.41, 5.74) is -0.207. The SMILES string of the molecule is CC(OCCOCCOCCO)C(C)(O)c1ccccc1.c1ccc(Sc2ccccc2)cc1. The minimum absolute atomic E-state index is 0.0230. The Kier molecular flexibility index (Phi) is 13.6. The van der Waals surface area contributed by atoms with Crippen molar-refractivity contribution in [3.05, 3.63) is 96.6 Å². The molecule has 2 atom stereocenters. The van der Waals surface area contributed by atoms with Crippen LogP contribution < -0.4 is 0 Å². The molecular weight excluding hydrogens is 448 g/mol. The van der Waals surface area contributed by atoms with Crippen LogP contribution in [0.2, 0.25) is 0 Å². The Morgan fingerprint density at radius 1 is 0.706 bits per heavy atom. The Balaban J connectivity index is 0.000000266. The van der Waals surface area contributed by atoms with E-state index in [1.165, 1.54) is 9.79 Å². The van der Waals surface area contributed by atoms with E-state index in [2.05, 4.69) is 48.5 Å². The fourth-order valence-corrected chi connectivity index (χ4v) is 3.81. The lowest BCUT2D eigenvalue weighted by molar-refractivity contribution is -0.106. The molecule has 0 saturated heterocycles. The third kappa shape index (κ3) is 10.8. The quantitative estimate of drug-likeness (QED) is 0.327. The number of benzene rings is 3. The zero-order chi connectivity index (χ0) is 24.5. The smallest absolute Gasteiger partial charge is 0.113 e. The molecule has 5 nitrogen and oxygen atoms in total. The molecule has 3 rings (SSSR count). The zero-order valence-corrected chi connectivity index (χ0v) is 20.8. The van der Waals surface area contributed by atoms with E-state index in [0.29, 0.717) is 33.0 Å². The fraction of sp³-hybridized carbons (Fsp3) is 0.357. The van der Waals surface area contributed by atoms with Crippen LogP contribution in [0.3, 0.4) is 0 Å². The van der Waals surface area contributed by atoms with Gasteiger partial charge in [-0.2, -0.15) is 0 Å². The third-order valence-electron chi connectivity index (χ3n) is 5.08. The topological polar surface area (TPSA) is 68.2 Å². The highest BCUT2D eigenvalue weighted by atomic mass is 32.2. The molecule has 0 amide bonds. The van der Waals surface area contributed by atoms with E-state index in [1.54, 1.807) is 18.7 Å². The average molecular weight is 485 g/mol. The summed E-state index contributed by atoms with van der Waals surface area (Å²) in [6.45, 7) is 5.71. The normalized spacial score (nSPS) is 13.4. The first-order valence-electron chi connectivity index (χ1n) is 11.5. The molecule has 3 aromatic carbocycles. The van der Waals surface area contributed by atoms with Crippen LogP contribution in [0, 0.1) is 0 Å². The van der Waals surface area contributed by atoms with Crippen molar-refractivity contribution in [2.45, 2.75) is 35.3 Å². The standard InChI is InChI=1S/C16H26O5.C12H10S/c1-14(16(2,18)15-6-4-3-5-7-15)21-13-12-20-11-10-19-9-8-17;1-3-7-11(8-4-1)13-12-9-5-2-6-10-12/h3-7,14,17-18H,8-13H2,1-2H3;1-10H. The number of ether oxygens (including phenoxy) is 3. The molecule has 0 aliphatic heterocycles. The van der Waals surface area contributed by atoms with Gasteiger partial charge in [0.25, 0.3) is 0 Å². The van der Waals surface area contributed by atoms with E-state index < -0.39 is 5.60 Å². The largest absolute Gasteiger partial charge is 0.394 e. The van der Waals surface area contributed by atoms with Crippen LogP contribution in [0.5, 0.6) is 0 Å². The molecule has 0 aliphatic carbocycles. The maximum atomic E-state index is 10.5. The van der Waals surface area contributed by atoms with Gasteiger partial charge < -0.3 is 24.4 Å². The van der Waals surface area contributed by atoms with E-state index >= 15 is 0 Å². The molecule has 34 heavy (non-hydrogen) atoms. The van der Waals surface area contributed by atoms with Gasteiger partial charge in [0.05, 0.1) is 45.7 Å². The van der Waals surface area contributed by atoms with Gasteiger partial charge in [-0.25, -0.2) is 0 Å². The van der Waals surface area contributed by atoms with Crippen molar-refractivity contribution >= 4 is 11.8 Å². The van der Waals surface area contributed by atoms with Gasteiger partial charge >= 0.3 is 0 Å². The molecule has 0 bridgehead atoms. The minimum Gasteiger partial charge on any atom is -0.394 e. The third-order valence-corrected chi connectivity index (χ3v) is 6.09. The second-order valence-corrected chi connectivity index (χ2v) is 8.85. The molecular formula is C28H36O5S. The van der Waals surface area contributed by atoms with Crippen LogP contribution >= 0.6 is 11.8 Å². The summed E-state index contributed by atoms with van der Waals surface area (Å²) in [4.78, 5) is 2.57. The molecule has 0 heterocycles. The lowest BCUT2D eigenvalue weighted by Crippen LogP contribution is -2.37. The molecule has 6 heteroatoms. The maximum absolute atomic E-state index is 10.5. The van der Waals surface area contributed by atoms with Gasteiger partial charge in [-0.3, -0.25) is 0 Å². The van der Waals surface area contributed by atoms with Crippen molar-refractivity contribution < 1.29 is 24.4 Å². The second-order valence-electron chi connectivity index (χ2n) is 7.70. The lowest BCUT2D eigenvalue weighted by Gasteiger charge is -2.30. The molecule has 3 aromatic rings. The molecule has 0 aliphatic rings. The summed E-state index contributed by atoms with van der Waals surface area (Å²) in [5.74, 6) is 0. The summed E-state index contributed by atoms with van der Waals surface area (Å²) in [7, 11) is 0.